The molecule has 6 heteroatoms. The first-order chi connectivity index (χ1) is 13.2. The molecule has 0 saturated heterocycles. The molecule has 0 fully saturated rings. The third kappa shape index (κ3) is 4.81. The zero-order valence-corrected chi connectivity index (χ0v) is 17.3. The van der Waals surface area contributed by atoms with Gasteiger partial charge < -0.3 is 14.4 Å². The minimum Gasteiger partial charge on any atom is -0.491 e. The topological polar surface area (TPSA) is 38.8 Å². The van der Waals surface area contributed by atoms with Crippen molar-refractivity contribution in [3.8, 4) is 16.9 Å². The first kappa shape index (κ1) is 20.1. The molecule has 0 spiro atoms. The van der Waals surface area contributed by atoms with Crippen LogP contribution in [0.3, 0.4) is 0 Å². The molecule has 28 heavy (non-hydrogen) atoms. The summed E-state index contributed by atoms with van der Waals surface area (Å²) in [7, 11) is 1.66. The molecule has 0 aliphatic carbocycles. The number of halogens is 1. The van der Waals surface area contributed by atoms with Gasteiger partial charge in [0.1, 0.15) is 23.8 Å². The summed E-state index contributed by atoms with van der Waals surface area (Å²) in [6.45, 7) is 6.10. The van der Waals surface area contributed by atoms with E-state index in [1.54, 1.807) is 24.5 Å². The van der Waals surface area contributed by atoms with E-state index in [2.05, 4.69) is 0 Å². The van der Waals surface area contributed by atoms with Crippen molar-refractivity contribution in [1.82, 2.24) is 4.90 Å². The van der Waals surface area contributed by atoms with Crippen LogP contribution in [0.5, 0.6) is 5.75 Å². The first-order valence-electron chi connectivity index (χ1n) is 9.08. The Bertz CT molecular complexity index is 977. The van der Waals surface area contributed by atoms with Crippen molar-refractivity contribution in [1.29, 1.82) is 0 Å². The van der Waals surface area contributed by atoms with Gasteiger partial charge in [-0.05, 0) is 55.8 Å². The number of carbonyl (C=O) groups is 1. The molecule has 3 aromatic rings. The van der Waals surface area contributed by atoms with Crippen molar-refractivity contribution in [2.45, 2.75) is 26.4 Å². The maximum absolute atomic E-state index is 14.0. The Morgan fingerprint density at radius 3 is 2.68 bits per heavy atom. The van der Waals surface area contributed by atoms with Crippen LogP contribution in [0.15, 0.2) is 47.8 Å². The Balaban J connectivity index is 1.75. The van der Waals surface area contributed by atoms with Crippen molar-refractivity contribution >= 4 is 27.5 Å². The Morgan fingerprint density at radius 1 is 1.14 bits per heavy atom. The number of hydrogen-bond acceptors (Lipinski definition) is 4. The lowest BCUT2D eigenvalue weighted by molar-refractivity contribution is 0.0278. The second-order valence-electron chi connectivity index (χ2n) is 7.54. The number of nitrogens with zero attached hydrogens (tertiary/aromatic N) is 1. The highest BCUT2D eigenvalue weighted by Gasteiger charge is 2.19. The van der Waals surface area contributed by atoms with E-state index in [1.807, 2.05) is 50.4 Å². The fourth-order valence-electron chi connectivity index (χ4n) is 2.77. The number of thiophene rings is 1. The zero-order chi connectivity index (χ0) is 20.3. The van der Waals surface area contributed by atoms with Gasteiger partial charge in [0.05, 0.1) is 6.54 Å². The third-order valence-electron chi connectivity index (χ3n) is 4.10. The Hall–Kier alpha value is -2.60. The van der Waals surface area contributed by atoms with Gasteiger partial charge in [0.15, 0.2) is 0 Å². The molecule has 0 unspecified atom stereocenters. The van der Waals surface area contributed by atoms with Gasteiger partial charge in [-0.15, -0.1) is 11.3 Å². The van der Waals surface area contributed by atoms with E-state index in [0.717, 1.165) is 15.6 Å². The molecule has 0 N–H and O–H groups in total. The second kappa shape index (κ2) is 8.19. The normalized spacial score (nSPS) is 11.5. The summed E-state index contributed by atoms with van der Waals surface area (Å²) in [6.07, 6.45) is -0.404. The number of carbonyl (C=O) groups excluding carboxylic acids is 1. The quantitative estimate of drug-likeness (QED) is 0.530. The fourth-order valence-corrected chi connectivity index (χ4v) is 3.70. The molecule has 1 heterocycles. The minimum absolute atomic E-state index is 0.273. The number of fused-ring (bicyclic) bond motifs is 1. The van der Waals surface area contributed by atoms with E-state index < -0.39 is 11.7 Å². The summed E-state index contributed by atoms with van der Waals surface area (Å²) in [5, 5.41) is 3.13. The van der Waals surface area contributed by atoms with Gasteiger partial charge >= 0.3 is 6.09 Å². The number of hydrogen-bond donors (Lipinski definition) is 0. The Kier molecular flexibility index (Phi) is 5.89. The lowest BCUT2D eigenvalue weighted by atomic mass is 10.0. The molecule has 0 radical (unpaired) electrons. The molecule has 148 valence electrons. The first-order valence-corrected chi connectivity index (χ1v) is 9.95. The number of rotatable bonds is 5. The van der Waals surface area contributed by atoms with E-state index in [-0.39, 0.29) is 12.4 Å². The van der Waals surface area contributed by atoms with Crippen LogP contribution in [-0.4, -0.2) is 36.8 Å². The molecule has 0 saturated carbocycles. The monoisotopic (exact) mass is 401 g/mol. The predicted molar refractivity (Wildman–Crippen MR) is 112 cm³/mol. The van der Waals surface area contributed by atoms with Gasteiger partial charge in [0.2, 0.25) is 0 Å². The molecule has 0 atom stereocenters. The summed E-state index contributed by atoms with van der Waals surface area (Å²) in [6, 6.07) is 12.5. The maximum atomic E-state index is 14.0. The maximum Gasteiger partial charge on any atom is 0.410 e. The van der Waals surface area contributed by atoms with Crippen molar-refractivity contribution in [2.75, 3.05) is 20.2 Å². The van der Waals surface area contributed by atoms with Crippen LogP contribution in [0.1, 0.15) is 20.8 Å². The molecule has 3 rings (SSSR count). The van der Waals surface area contributed by atoms with Crippen molar-refractivity contribution in [2.24, 2.45) is 0 Å². The smallest absolute Gasteiger partial charge is 0.410 e. The van der Waals surface area contributed by atoms with Gasteiger partial charge in [0, 0.05) is 22.9 Å². The molecular formula is C22H24FNO3S. The van der Waals surface area contributed by atoms with Gasteiger partial charge in [-0.3, -0.25) is 0 Å². The van der Waals surface area contributed by atoms with Crippen molar-refractivity contribution in [3.05, 3.63) is 53.7 Å². The zero-order valence-electron chi connectivity index (χ0n) is 16.5. The van der Waals surface area contributed by atoms with E-state index in [9.17, 15) is 9.18 Å². The predicted octanol–water partition coefficient (Wildman–Crippen LogP) is 5.95. The molecule has 1 aromatic heterocycles. The summed E-state index contributed by atoms with van der Waals surface area (Å²) in [5.74, 6) is 0.265. The SMILES string of the molecule is CN(CCOc1ccc(F)cc1-c1cccc2ccsc12)C(=O)OC(C)(C)C. The van der Waals surface area contributed by atoms with Crippen LogP contribution in [-0.2, 0) is 4.74 Å². The van der Waals surface area contributed by atoms with Gasteiger partial charge in [-0.25, -0.2) is 9.18 Å². The third-order valence-corrected chi connectivity index (χ3v) is 5.06. The average Bonchev–Trinajstić information content (AvgIpc) is 3.10. The fraction of sp³-hybridized carbons (Fsp3) is 0.318. The van der Waals surface area contributed by atoms with Crippen LogP contribution >= 0.6 is 11.3 Å². The molecule has 0 aliphatic rings. The van der Waals surface area contributed by atoms with Crippen molar-refractivity contribution < 1.29 is 18.7 Å². The number of benzene rings is 2. The standard InChI is InChI=1S/C22H24FNO3S/c1-22(2,3)27-21(25)24(4)11-12-26-19-9-8-16(23)14-18(19)17-7-5-6-15-10-13-28-20(15)17/h5-10,13-14H,11-12H2,1-4H3. The number of amides is 1. The van der Waals surface area contributed by atoms with Gasteiger partial charge in [0.25, 0.3) is 0 Å². The number of likely N-dealkylation sites (N-methyl/N-ethyl adjacent to an activating group) is 1. The summed E-state index contributed by atoms with van der Waals surface area (Å²) >= 11 is 1.61. The molecule has 4 nitrogen and oxygen atoms in total. The summed E-state index contributed by atoms with van der Waals surface area (Å²) in [4.78, 5) is 13.5. The van der Waals surface area contributed by atoms with Gasteiger partial charge in [-0.2, -0.15) is 0 Å². The van der Waals surface area contributed by atoms with E-state index in [4.69, 9.17) is 9.47 Å². The average molecular weight is 402 g/mol. The molecule has 2 aromatic carbocycles. The largest absolute Gasteiger partial charge is 0.491 e. The molecule has 0 bridgehead atoms. The molecular weight excluding hydrogens is 377 g/mol. The van der Waals surface area contributed by atoms with E-state index in [1.165, 1.54) is 17.0 Å². The van der Waals surface area contributed by atoms with E-state index >= 15 is 0 Å². The van der Waals surface area contributed by atoms with Crippen LogP contribution in [0, 0.1) is 5.82 Å². The Labute approximate surface area is 168 Å². The van der Waals surface area contributed by atoms with Crippen LogP contribution in [0.2, 0.25) is 0 Å². The molecule has 1 amide bonds. The minimum atomic E-state index is -0.546. The lowest BCUT2D eigenvalue weighted by Crippen LogP contribution is -2.36. The van der Waals surface area contributed by atoms with Crippen LogP contribution in [0.25, 0.3) is 21.2 Å². The highest BCUT2D eigenvalue weighted by atomic mass is 32.1. The lowest BCUT2D eigenvalue weighted by Gasteiger charge is -2.24. The summed E-state index contributed by atoms with van der Waals surface area (Å²) < 4.78 is 26.3. The van der Waals surface area contributed by atoms with E-state index in [0.29, 0.717) is 17.9 Å². The number of ether oxygens (including phenoxy) is 2. The van der Waals surface area contributed by atoms with Crippen LogP contribution < -0.4 is 4.74 Å². The van der Waals surface area contributed by atoms with Gasteiger partial charge in [-0.1, -0.05) is 18.2 Å². The molecule has 0 aliphatic heterocycles. The Morgan fingerprint density at radius 2 is 1.93 bits per heavy atom. The highest BCUT2D eigenvalue weighted by Crippen LogP contribution is 2.37. The van der Waals surface area contributed by atoms with Crippen molar-refractivity contribution in [3.63, 3.8) is 0 Å². The van der Waals surface area contributed by atoms with Crippen LogP contribution in [0.4, 0.5) is 9.18 Å². The highest BCUT2D eigenvalue weighted by molar-refractivity contribution is 7.17. The summed E-state index contributed by atoms with van der Waals surface area (Å²) in [5.41, 5.74) is 1.09. The second-order valence-corrected chi connectivity index (χ2v) is 8.45.